The average Bonchev–Trinajstić information content (AvgIpc) is 2.58. The van der Waals surface area contributed by atoms with Gasteiger partial charge in [0.1, 0.15) is 20.2 Å². The molecule has 0 aliphatic heterocycles. The molecule has 12 heteroatoms. The van der Waals surface area contributed by atoms with Gasteiger partial charge in [-0.05, 0) is 42.3 Å². The number of carbonyl (C=O) groups is 2. The van der Waals surface area contributed by atoms with Gasteiger partial charge in [0.25, 0.3) is 0 Å². The Kier molecular flexibility index (Phi) is 10.6. The van der Waals surface area contributed by atoms with Gasteiger partial charge in [-0.3, -0.25) is 9.59 Å². The van der Waals surface area contributed by atoms with E-state index in [1.165, 1.54) is 19.1 Å². The van der Waals surface area contributed by atoms with Crippen LogP contribution in [0.3, 0.4) is 0 Å². The standard InChI is InChI=1S/C17H16O8S2.2Na/c1-3-15(19)14-7-5-12(9-17(14)27(23,24)25)11-4-6-13(10(2)18)16(8-11)26(20,21)22;;/h4-9H,3H2,1-2H3,(H,20,21,22)(H,23,24,25);;/q;2*+1/p-2. The fourth-order valence-electron chi connectivity index (χ4n) is 2.53. The van der Waals surface area contributed by atoms with E-state index in [1.54, 1.807) is 0 Å². The van der Waals surface area contributed by atoms with E-state index in [2.05, 4.69) is 0 Å². The molecule has 0 bridgehead atoms. The first-order valence-electron chi connectivity index (χ1n) is 7.60. The van der Waals surface area contributed by atoms with Crippen molar-refractivity contribution in [2.24, 2.45) is 0 Å². The van der Waals surface area contributed by atoms with Crippen molar-refractivity contribution in [3.05, 3.63) is 47.5 Å². The number of rotatable bonds is 6. The molecule has 2 aromatic rings. The number of hydrogen-bond acceptors (Lipinski definition) is 8. The van der Waals surface area contributed by atoms with Crippen LogP contribution in [0.5, 0.6) is 0 Å². The van der Waals surface area contributed by atoms with Gasteiger partial charge < -0.3 is 9.11 Å². The van der Waals surface area contributed by atoms with Crippen LogP contribution in [0.4, 0.5) is 0 Å². The molecule has 0 radical (unpaired) electrons. The van der Waals surface area contributed by atoms with Crippen molar-refractivity contribution >= 4 is 31.8 Å². The summed E-state index contributed by atoms with van der Waals surface area (Å²) in [6.07, 6.45) is -0.0201. The number of Topliss-reactive ketones (excluding diaryl/α,β-unsaturated/α-hetero) is 2. The van der Waals surface area contributed by atoms with Crippen molar-refractivity contribution in [1.29, 1.82) is 0 Å². The molecule has 8 nitrogen and oxygen atoms in total. The molecule has 2 aromatic carbocycles. The molecule has 2 rings (SSSR count). The Balaban J connectivity index is 0.00000392. The third kappa shape index (κ3) is 6.79. The first kappa shape index (κ1) is 28.6. The van der Waals surface area contributed by atoms with Gasteiger partial charge in [0, 0.05) is 17.5 Å². The van der Waals surface area contributed by atoms with Crippen molar-refractivity contribution in [3.63, 3.8) is 0 Å². The molecule has 0 aromatic heterocycles. The number of benzene rings is 2. The van der Waals surface area contributed by atoms with Crippen molar-refractivity contribution in [2.45, 2.75) is 30.1 Å². The fraction of sp³-hybridized carbons (Fsp3) is 0.176. The minimum atomic E-state index is -4.98. The second-order valence-electron chi connectivity index (χ2n) is 5.66. The Labute approximate surface area is 213 Å². The van der Waals surface area contributed by atoms with Gasteiger partial charge in [-0.1, -0.05) is 19.1 Å². The van der Waals surface area contributed by atoms with Gasteiger partial charge in [-0.15, -0.1) is 0 Å². The van der Waals surface area contributed by atoms with Crippen LogP contribution in [0.25, 0.3) is 11.1 Å². The molecule has 0 amide bonds. The van der Waals surface area contributed by atoms with Crippen molar-refractivity contribution in [2.75, 3.05) is 0 Å². The number of carbonyl (C=O) groups excluding carboxylic acids is 2. The first-order chi connectivity index (χ1) is 12.4. The molecule has 0 spiro atoms. The SMILES string of the molecule is CCC(=O)c1ccc(-c2ccc(C(C)=O)c(S(=O)(=O)[O-])c2)cc1S(=O)(=O)[O-].[Na+].[Na+]. The Morgan fingerprint density at radius 2 is 1.17 bits per heavy atom. The molecule has 0 saturated heterocycles. The summed E-state index contributed by atoms with van der Waals surface area (Å²) in [5.74, 6) is -1.19. The second kappa shape index (κ2) is 10.8. The van der Waals surface area contributed by atoms with E-state index in [-0.39, 0.29) is 87.8 Å². The smallest absolute Gasteiger partial charge is 0.744 e. The molecular formula is C17H14Na2O8S2. The van der Waals surface area contributed by atoms with Crippen molar-refractivity contribution in [3.8, 4) is 11.1 Å². The molecule has 0 N–H and O–H groups in total. The van der Waals surface area contributed by atoms with Gasteiger partial charge >= 0.3 is 59.1 Å². The summed E-state index contributed by atoms with van der Waals surface area (Å²) in [6.45, 7) is 2.60. The predicted molar refractivity (Wildman–Crippen MR) is 92.4 cm³/mol. The number of ketones is 2. The van der Waals surface area contributed by atoms with Crippen LogP contribution in [0, 0.1) is 0 Å². The van der Waals surface area contributed by atoms with Crippen LogP contribution in [0.2, 0.25) is 0 Å². The van der Waals surface area contributed by atoms with E-state index in [0.717, 1.165) is 31.2 Å². The van der Waals surface area contributed by atoms with Gasteiger partial charge in [-0.25, -0.2) is 16.8 Å². The quantitative estimate of drug-likeness (QED) is 0.242. The van der Waals surface area contributed by atoms with E-state index in [1.807, 2.05) is 0 Å². The molecule has 0 heterocycles. The topological polar surface area (TPSA) is 149 Å². The van der Waals surface area contributed by atoms with Crippen LogP contribution in [0.1, 0.15) is 41.0 Å². The largest absolute Gasteiger partial charge is 1.00 e. The molecule has 0 fully saturated rings. The van der Waals surface area contributed by atoms with E-state index >= 15 is 0 Å². The van der Waals surface area contributed by atoms with Crippen LogP contribution >= 0.6 is 0 Å². The maximum Gasteiger partial charge on any atom is 1.00 e. The first-order valence-corrected chi connectivity index (χ1v) is 10.4. The molecule has 0 unspecified atom stereocenters. The van der Waals surface area contributed by atoms with Gasteiger partial charge in [-0.2, -0.15) is 0 Å². The van der Waals surface area contributed by atoms with E-state index in [0.29, 0.717) is 0 Å². The summed E-state index contributed by atoms with van der Waals surface area (Å²) in [7, 11) is -9.96. The van der Waals surface area contributed by atoms with Crippen LogP contribution in [-0.4, -0.2) is 37.5 Å². The van der Waals surface area contributed by atoms with Crippen LogP contribution < -0.4 is 59.1 Å². The molecular weight excluding hydrogens is 442 g/mol. The zero-order chi connectivity index (χ0) is 20.6. The minimum Gasteiger partial charge on any atom is -0.744 e. The van der Waals surface area contributed by atoms with Gasteiger partial charge in [0.2, 0.25) is 0 Å². The molecule has 144 valence electrons. The normalized spacial score (nSPS) is 11.2. The molecule has 0 atom stereocenters. The Bertz CT molecular complexity index is 1160. The number of hydrogen-bond donors (Lipinski definition) is 0. The molecule has 0 saturated carbocycles. The predicted octanol–water partition coefficient (Wildman–Crippen LogP) is -4.03. The van der Waals surface area contributed by atoms with Gasteiger partial charge in [0.05, 0.1) is 9.79 Å². The van der Waals surface area contributed by atoms with E-state index < -0.39 is 41.6 Å². The Morgan fingerprint density at radius 3 is 1.52 bits per heavy atom. The summed E-state index contributed by atoms with van der Waals surface area (Å²) in [5.41, 5.74) is -0.386. The average molecular weight is 456 g/mol. The maximum absolute atomic E-state index is 11.9. The van der Waals surface area contributed by atoms with Crippen molar-refractivity contribution in [1.82, 2.24) is 0 Å². The summed E-state index contributed by atoms with van der Waals surface area (Å²) in [6, 6.07) is 6.77. The monoisotopic (exact) mass is 456 g/mol. The van der Waals surface area contributed by atoms with Crippen LogP contribution in [-0.2, 0) is 20.2 Å². The Hall–Kier alpha value is -0.400. The summed E-state index contributed by atoms with van der Waals surface area (Å²) < 4.78 is 68.9. The van der Waals surface area contributed by atoms with E-state index in [4.69, 9.17) is 0 Å². The van der Waals surface area contributed by atoms with Gasteiger partial charge in [0.15, 0.2) is 11.6 Å². The van der Waals surface area contributed by atoms with Crippen molar-refractivity contribution < 1.29 is 94.6 Å². The molecule has 0 aliphatic carbocycles. The minimum absolute atomic E-state index is 0. The summed E-state index contributed by atoms with van der Waals surface area (Å²) in [5, 5.41) is 0. The summed E-state index contributed by atoms with van der Waals surface area (Å²) >= 11 is 0. The van der Waals surface area contributed by atoms with E-state index in [9.17, 15) is 35.5 Å². The Morgan fingerprint density at radius 1 is 0.793 bits per heavy atom. The van der Waals surface area contributed by atoms with Crippen LogP contribution in [0.15, 0.2) is 46.2 Å². The third-order valence-corrected chi connectivity index (χ3v) is 5.59. The zero-order valence-electron chi connectivity index (χ0n) is 16.3. The third-order valence-electron chi connectivity index (χ3n) is 3.84. The second-order valence-corrected chi connectivity index (χ2v) is 8.36. The fourth-order valence-corrected chi connectivity index (χ4v) is 4.00. The molecule has 29 heavy (non-hydrogen) atoms. The summed E-state index contributed by atoms with van der Waals surface area (Å²) in [4.78, 5) is 21.9. The molecule has 0 aliphatic rings. The maximum atomic E-state index is 11.9. The zero-order valence-corrected chi connectivity index (χ0v) is 21.9.